The van der Waals surface area contributed by atoms with Gasteiger partial charge in [0.05, 0.1) is 170 Å². The minimum Gasteiger partial charge on any atom is -0.458 e. The first-order valence-electron chi connectivity index (χ1n) is 39.5. The summed E-state index contributed by atoms with van der Waals surface area (Å²) in [5, 5.41) is 111. The molecule has 12 atom stereocenters. The summed E-state index contributed by atoms with van der Waals surface area (Å²) in [6.07, 6.45) is -6.94. The number of hydrogen-bond donors (Lipinski definition) is 10. The molecule has 2 saturated heterocycles. The van der Waals surface area contributed by atoms with Crippen molar-refractivity contribution in [1.29, 1.82) is 0 Å². The number of cyclic esters (lactones) is 2. The third kappa shape index (κ3) is 21.2. The van der Waals surface area contributed by atoms with Gasteiger partial charge in [0.2, 0.25) is 0 Å². The summed E-state index contributed by atoms with van der Waals surface area (Å²) >= 11 is 0. The minimum absolute atomic E-state index is 0.00719. The number of aliphatic hydroxyl groups is 10. The summed E-state index contributed by atoms with van der Waals surface area (Å²) in [5.41, 5.74) is 12.2. The van der Waals surface area contributed by atoms with Gasteiger partial charge in [-0.15, -0.1) is 11.5 Å². The van der Waals surface area contributed by atoms with Gasteiger partial charge in [0.1, 0.15) is 99.1 Å². The molecule has 660 valence electrons. The first-order valence-corrected chi connectivity index (χ1v) is 39.5. The number of fused-ring (bicyclic) bond motifs is 10. The van der Waals surface area contributed by atoms with E-state index in [1.807, 2.05) is 13.8 Å². The fraction of sp³-hybridized carbons (Fsp3) is 0.550. The number of rotatable bonds is 37. The van der Waals surface area contributed by atoms with E-state index < -0.39 is 110 Å². The normalized spacial score (nSPS) is 22.7. The molecule has 122 heavy (non-hydrogen) atoms. The number of ether oxygens (including phenoxy) is 16. The first-order chi connectivity index (χ1) is 58.9. The number of aromatic nitrogens is 7. The van der Waals surface area contributed by atoms with Gasteiger partial charge in [-0.3, -0.25) is 9.59 Å². The number of carbonyl (C=O) groups excluding carboxylic acids is 4. The zero-order valence-electron chi connectivity index (χ0n) is 67.3. The van der Waals surface area contributed by atoms with Gasteiger partial charge in [0.15, 0.2) is 23.8 Å². The summed E-state index contributed by atoms with van der Waals surface area (Å²) in [5.74, 6) is 1.36. The monoisotopic (exact) mass is 1710 g/mol. The second-order valence-corrected chi connectivity index (χ2v) is 28.3. The van der Waals surface area contributed by atoms with Crippen LogP contribution in [0.4, 0.5) is 9.59 Å². The topological polar surface area (TPSA) is 568 Å². The Morgan fingerprint density at radius 3 is 1.43 bits per heavy atom. The second kappa shape index (κ2) is 43.3. The highest BCUT2D eigenvalue weighted by Gasteiger charge is 2.49. The summed E-state index contributed by atoms with van der Waals surface area (Å²) < 4.78 is 89.4. The molecule has 13 rings (SSSR count). The number of benzene rings is 2. The molecule has 2 fully saturated rings. The van der Waals surface area contributed by atoms with Crippen LogP contribution in [0.25, 0.3) is 55.0 Å². The van der Waals surface area contributed by atoms with Crippen molar-refractivity contribution >= 4 is 46.1 Å². The molecule has 0 radical (unpaired) electrons. The zero-order chi connectivity index (χ0) is 87.4. The number of pyridine rings is 4. The lowest BCUT2D eigenvalue weighted by Gasteiger charge is -2.39. The summed E-state index contributed by atoms with van der Waals surface area (Å²) in [6, 6.07) is 13.5. The molecule has 2 aromatic carbocycles. The maximum atomic E-state index is 13.6. The Morgan fingerprint density at radius 2 is 1.01 bits per heavy atom. The van der Waals surface area contributed by atoms with E-state index in [-0.39, 0.29) is 170 Å². The van der Waals surface area contributed by atoms with Crippen LogP contribution >= 0.6 is 0 Å². The van der Waals surface area contributed by atoms with Gasteiger partial charge < -0.3 is 136 Å². The van der Waals surface area contributed by atoms with E-state index in [1.165, 1.54) is 4.68 Å². The quantitative estimate of drug-likeness (QED) is 0.00376. The van der Waals surface area contributed by atoms with E-state index in [4.69, 9.17) is 103 Å². The summed E-state index contributed by atoms with van der Waals surface area (Å²) in [7, 11) is 0. The van der Waals surface area contributed by atoms with Crippen LogP contribution in [0.2, 0.25) is 0 Å². The van der Waals surface area contributed by atoms with Crippen LogP contribution in [0.1, 0.15) is 90.7 Å². The third-order valence-electron chi connectivity index (χ3n) is 20.9. The average molecular weight is 1710 g/mol. The molecule has 11 heterocycles. The number of terminal acetylenes is 1. The molecule has 42 nitrogen and oxygen atoms in total. The number of aliphatic hydroxyl groups excluding tert-OH is 8. The molecule has 42 heteroatoms. The molecule has 0 bridgehead atoms. The van der Waals surface area contributed by atoms with E-state index in [0.29, 0.717) is 85.4 Å². The van der Waals surface area contributed by atoms with Crippen molar-refractivity contribution in [2.24, 2.45) is 5.11 Å². The summed E-state index contributed by atoms with van der Waals surface area (Å²) in [4.78, 5) is 89.1. The number of hydrogen-bond acceptors (Lipinski definition) is 37. The van der Waals surface area contributed by atoms with Crippen molar-refractivity contribution in [3.05, 3.63) is 136 Å². The number of aryl methyl sites for hydroxylation is 2. The highest BCUT2D eigenvalue weighted by Crippen LogP contribution is 2.44. The lowest BCUT2D eigenvalue weighted by molar-refractivity contribution is -0.301. The van der Waals surface area contributed by atoms with Crippen molar-refractivity contribution in [3.63, 3.8) is 0 Å². The average Bonchev–Trinajstić information content (AvgIpc) is 1.52. The Hall–Kier alpha value is -10.1. The molecular weight excluding hydrogens is 1610 g/mol. The van der Waals surface area contributed by atoms with E-state index in [0.717, 1.165) is 33.0 Å². The fourth-order valence-corrected chi connectivity index (χ4v) is 14.5. The second-order valence-electron chi connectivity index (χ2n) is 28.3. The molecule has 0 aliphatic carbocycles. The first kappa shape index (κ1) is 92.6. The van der Waals surface area contributed by atoms with Crippen LogP contribution < -0.4 is 20.6 Å². The maximum absolute atomic E-state index is 13.6. The van der Waals surface area contributed by atoms with Crippen molar-refractivity contribution in [3.8, 4) is 46.6 Å². The van der Waals surface area contributed by atoms with Crippen molar-refractivity contribution in [1.82, 2.24) is 34.1 Å². The van der Waals surface area contributed by atoms with Gasteiger partial charge in [-0.05, 0) is 90.9 Å². The van der Waals surface area contributed by atoms with Crippen molar-refractivity contribution < 1.29 is 146 Å². The van der Waals surface area contributed by atoms with Gasteiger partial charge in [0, 0.05) is 44.5 Å². The molecule has 10 N–H and O–H groups in total. The van der Waals surface area contributed by atoms with Crippen molar-refractivity contribution in [2.45, 2.75) is 165 Å². The number of esters is 2. The smallest absolute Gasteiger partial charge is 0.458 e. The van der Waals surface area contributed by atoms with Crippen LogP contribution in [-0.4, -0.2) is 290 Å². The molecule has 0 unspecified atom stereocenters. The number of carbonyl (C=O) groups is 4. The van der Waals surface area contributed by atoms with E-state index in [1.54, 1.807) is 77.7 Å². The summed E-state index contributed by atoms with van der Waals surface area (Å²) in [6.45, 7) is 10.0. The number of azide groups is 1. The molecule has 0 amide bonds. The van der Waals surface area contributed by atoms with Gasteiger partial charge in [-0.1, -0.05) is 43.9 Å². The molecule has 0 saturated carbocycles. The fourth-order valence-electron chi connectivity index (χ4n) is 14.5. The molecule has 0 spiro atoms. The molecule has 5 aromatic heterocycles. The zero-order valence-corrected chi connectivity index (χ0v) is 67.3. The van der Waals surface area contributed by atoms with Crippen LogP contribution in [0.15, 0.2) is 69.4 Å². The highest BCUT2D eigenvalue weighted by atomic mass is 16.7. The predicted octanol–water partition coefficient (Wildman–Crippen LogP) is 0.769. The Bertz CT molecular complexity index is 5050. The predicted molar refractivity (Wildman–Crippen MR) is 418 cm³/mol. The van der Waals surface area contributed by atoms with Gasteiger partial charge >= 0.3 is 24.2 Å². The molecule has 7 aromatic rings. The lowest BCUT2D eigenvalue weighted by Crippen LogP contribution is -2.59. The van der Waals surface area contributed by atoms with Crippen molar-refractivity contribution in [2.75, 3.05) is 119 Å². The van der Waals surface area contributed by atoms with Crippen LogP contribution in [0.5, 0.6) is 11.5 Å². The Kier molecular flexibility index (Phi) is 32.8. The number of nitrogens with zero attached hydrogens (tertiary/aromatic N) is 10. The van der Waals surface area contributed by atoms with Gasteiger partial charge in [-0.25, -0.2) is 33.8 Å². The molecule has 6 aliphatic rings. The highest BCUT2D eigenvalue weighted by molar-refractivity contribution is 5.92. The van der Waals surface area contributed by atoms with E-state index >= 15 is 0 Å². The Morgan fingerprint density at radius 1 is 0.574 bits per heavy atom. The largest absolute Gasteiger partial charge is 0.513 e. The van der Waals surface area contributed by atoms with Crippen LogP contribution in [0.3, 0.4) is 0 Å². The minimum atomic E-state index is -1.92. The Labute approximate surface area is 695 Å². The standard InChI is InChI=1S/C40H49N5O16.C32H34N2O10.C8H15N3O6/c1-3-24-25-15-23(5-6-29(25)41-32-26(24)18-45-30(32)16-28-27(36(45)50)21-59-38(51)40(28,53)4-2)60-39(52)58-14-13-55-10-9-54-11-12-56-20-22-17-44(43-42-22)7-8-57-37-35(49)34(48)33(47)31(19-46)61-37;1-4-9-39-10-11-40-12-13-41-14-15-42-31(37)44-20-7-8-26-22(16-20)21(5-2)23-18-34-27(28(23)33-26)17-25-24(29(34)35)19-43-30(36)32(25,38)6-3;9-11-10-1-2-16-8-7(15)6(14)5(13)4(3-12)17-8/h5-6,15-17,31,33-35,37,46-49,53H,3-4,7-14,18-21H2,1-2H3;1,7-8,16-17,38H,5-6,9-15,18-19H2,2-3H3;4-8,12-15H,1-3H2/t31-,33-,34+,35-,37-,40-;32-;4-,5-,6+,7-,8-/m000/s1. The molecule has 6 aliphatic heterocycles. The Balaban J connectivity index is 0.000000206. The van der Waals surface area contributed by atoms with E-state index in [9.17, 15) is 74.7 Å². The van der Waals surface area contributed by atoms with Gasteiger partial charge in [0.25, 0.3) is 11.1 Å². The SMILES string of the molecule is C#CCOCCOCCOCCOC(=O)Oc1ccc2nc3c(c(CC)c2c1)Cn1c-3cc2c(c1=O)COC(=O)[C@]2(O)CC.CCc1c2c(nc3ccc(OC(=O)OCCOCCOCCOCc4cn(CCO[C@H]5O[C@@H](CO)[C@H](O)[C@@H](O)[C@@H]5O)nn4)cc13)-c1cc3c(c(=O)n1C2)COC(=O)[C@]3(O)CC.[N-]=[N+]=NCCO[C@H]1O[C@@H](CO)[C@H](O)[C@@H](O)[C@@H]1O. The van der Waals surface area contributed by atoms with Gasteiger partial charge in [-0.2, -0.15) is 0 Å². The van der Waals surface area contributed by atoms with Crippen LogP contribution in [-0.2, 0) is 139 Å². The maximum Gasteiger partial charge on any atom is 0.513 e. The third-order valence-corrected chi connectivity index (χ3v) is 20.9. The van der Waals surface area contributed by atoms with E-state index in [2.05, 4.69) is 26.3 Å². The van der Waals surface area contributed by atoms with Crippen LogP contribution in [0, 0.1) is 12.3 Å². The lowest BCUT2D eigenvalue weighted by atomic mass is 9.86. The molecular formula is C80H98N10O32.